The average molecular weight is 279 g/mol. The van der Waals surface area contributed by atoms with Crippen molar-refractivity contribution < 1.29 is 4.79 Å². The van der Waals surface area contributed by atoms with Crippen molar-refractivity contribution >= 4 is 23.5 Å². The van der Waals surface area contributed by atoms with Gasteiger partial charge in [0.05, 0.1) is 5.75 Å². The molecule has 0 aromatic carbocycles. The highest BCUT2D eigenvalue weighted by atomic mass is 32.2. The van der Waals surface area contributed by atoms with Crippen LogP contribution in [0.5, 0.6) is 0 Å². The van der Waals surface area contributed by atoms with Crippen LogP contribution in [0.2, 0.25) is 0 Å². The normalized spacial score (nSPS) is 19.5. The lowest BCUT2D eigenvalue weighted by Crippen LogP contribution is -2.25. The second-order valence-corrected chi connectivity index (χ2v) is 5.99. The second kappa shape index (κ2) is 7.50. The SMILES string of the molecule is CN1CCC[C@@H]1CCSCC(=O)Nc1ccccn1. The molecule has 1 aromatic heterocycles. The quantitative estimate of drug-likeness (QED) is 0.811. The highest BCUT2D eigenvalue weighted by Crippen LogP contribution is 2.19. The lowest BCUT2D eigenvalue weighted by molar-refractivity contribution is -0.113. The molecule has 1 atom stereocenters. The van der Waals surface area contributed by atoms with Crippen molar-refractivity contribution in [2.75, 3.05) is 30.4 Å². The van der Waals surface area contributed by atoms with Gasteiger partial charge in [0.2, 0.25) is 5.91 Å². The molecule has 1 N–H and O–H groups in total. The fraction of sp³-hybridized carbons (Fsp3) is 0.571. The van der Waals surface area contributed by atoms with Crippen LogP contribution in [0, 0.1) is 0 Å². The van der Waals surface area contributed by atoms with Crippen LogP contribution in [0.1, 0.15) is 19.3 Å². The van der Waals surface area contributed by atoms with Gasteiger partial charge in [0, 0.05) is 12.2 Å². The van der Waals surface area contributed by atoms with E-state index in [1.54, 1.807) is 24.0 Å². The van der Waals surface area contributed by atoms with Gasteiger partial charge >= 0.3 is 0 Å². The molecule has 0 spiro atoms. The Hall–Kier alpha value is -1.07. The number of carbonyl (C=O) groups is 1. The van der Waals surface area contributed by atoms with Gasteiger partial charge in [0.25, 0.3) is 0 Å². The number of hydrogen-bond donors (Lipinski definition) is 1. The molecule has 1 amide bonds. The van der Waals surface area contributed by atoms with Gasteiger partial charge in [-0.3, -0.25) is 4.79 Å². The van der Waals surface area contributed by atoms with Crippen LogP contribution in [-0.2, 0) is 4.79 Å². The van der Waals surface area contributed by atoms with Crippen LogP contribution >= 0.6 is 11.8 Å². The molecule has 19 heavy (non-hydrogen) atoms. The minimum Gasteiger partial charge on any atom is -0.310 e. The molecule has 0 radical (unpaired) electrons. The van der Waals surface area contributed by atoms with E-state index in [-0.39, 0.29) is 5.91 Å². The van der Waals surface area contributed by atoms with Crippen LogP contribution in [-0.4, -0.2) is 46.9 Å². The van der Waals surface area contributed by atoms with E-state index in [2.05, 4.69) is 22.2 Å². The highest BCUT2D eigenvalue weighted by molar-refractivity contribution is 7.99. The fourth-order valence-corrected chi connectivity index (χ4v) is 3.18. The third-order valence-electron chi connectivity index (χ3n) is 3.43. The zero-order valence-corrected chi connectivity index (χ0v) is 12.2. The number of rotatable bonds is 6. The Morgan fingerprint density at radius 1 is 1.58 bits per heavy atom. The van der Waals surface area contributed by atoms with Crippen LogP contribution in [0.15, 0.2) is 24.4 Å². The zero-order chi connectivity index (χ0) is 13.5. The van der Waals surface area contributed by atoms with Crippen molar-refractivity contribution in [1.29, 1.82) is 0 Å². The predicted octanol–water partition coefficient (Wildman–Crippen LogP) is 2.24. The number of likely N-dealkylation sites (tertiary alicyclic amines) is 1. The Bertz CT molecular complexity index is 399. The van der Waals surface area contributed by atoms with E-state index in [0.717, 1.165) is 5.75 Å². The second-order valence-electron chi connectivity index (χ2n) is 4.88. The van der Waals surface area contributed by atoms with Gasteiger partial charge in [-0.1, -0.05) is 6.07 Å². The molecule has 2 rings (SSSR count). The summed E-state index contributed by atoms with van der Waals surface area (Å²) in [6, 6.07) is 6.22. The monoisotopic (exact) mass is 279 g/mol. The number of carbonyl (C=O) groups excluding carboxylic acids is 1. The van der Waals surface area contributed by atoms with Crippen molar-refractivity contribution in [1.82, 2.24) is 9.88 Å². The number of thioether (sulfide) groups is 1. The molecule has 0 bridgehead atoms. The number of amides is 1. The molecule has 4 nitrogen and oxygen atoms in total. The number of hydrogen-bond acceptors (Lipinski definition) is 4. The molecule has 1 aliphatic rings. The van der Waals surface area contributed by atoms with Gasteiger partial charge < -0.3 is 10.2 Å². The molecule has 2 heterocycles. The first-order valence-corrected chi connectivity index (χ1v) is 7.90. The summed E-state index contributed by atoms with van der Waals surface area (Å²) < 4.78 is 0. The van der Waals surface area contributed by atoms with Gasteiger partial charge in [0.15, 0.2) is 0 Å². The van der Waals surface area contributed by atoms with Crippen molar-refractivity contribution in [2.24, 2.45) is 0 Å². The molecule has 1 fully saturated rings. The zero-order valence-electron chi connectivity index (χ0n) is 11.3. The molecule has 104 valence electrons. The predicted molar refractivity (Wildman–Crippen MR) is 80.5 cm³/mol. The largest absolute Gasteiger partial charge is 0.310 e. The maximum absolute atomic E-state index is 11.7. The van der Waals surface area contributed by atoms with Gasteiger partial charge in [-0.15, -0.1) is 0 Å². The molecule has 1 aromatic rings. The first-order chi connectivity index (χ1) is 9.25. The summed E-state index contributed by atoms with van der Waals surface area (Å²) in [5, 5.41) is 2.80. The summed E-state index contributed by atoms with van der Waals surface area (Å²) in [6.07, 6.45) is 5.47. The third kappa shape index (κ3) is 4.84. The molecule has 1 aliphatic heterocycles. The molecule has 1 saturated heterocycles. The van der Waals surface area contributed by atoms with Crippen LogP contribution in [0.25, 0.3) is 0 Å². The Morgan fingerprint density at radius 2 is 2.47 bits per heavy atom. The minimum atomic E-state index is 0.0310. The molecule has 5 heteroatoms. The number of aromatic nitrogens is 1. The summed E-state index contributed by atoms with van der Waals surface area (Å²) in [6.45, 7) is 1.22. The number of nitrogens with one attached hydrogen (secondary N) is 1. The minimum absolute atomic E-state index is 0.0310. The van der Waals surface area contributed by atoms with Gasteiger partial charge in [-0.05, 0) is 50.7 Å². The topological polar surface area (TPSA) is 45.2 Å². The number of anilines is 1. The van der Waals surface area contributed by atoms with E-state index in [0.29, 0.717) is 17.6 Å². The molecule has 0 aliphatic carbocycles. The summed E-state index contributed by atoms with van der Waals surface area (Å²) in [7, 11) is 2.19. The average Bonchev–Trinajstić information content (AvgIpc) is 2.81. The van der Waals surface area contributed by atoms with E-state index in [9.17, 15) is 4.79 Å². The van der Waals surface area contributed by atoms with Crippen LogP contribution in [0.3, 0.4) is 0 Å². The van der Waals surface area contributed by atoms with Gasteiger partial charge in [0.1, 0.15) is 5.82 Å². The van der Waals surface area contributed by atoms with E-state index in [4.69, 9.17) is 0 Å². The van der Waals surface area contributed by atoms with Crippen molar-refractivity contribution in [3.8, 4) is 0 Å². The summed E-state index contributed by atoms with van der Waals surface area (Å²) in [4.78, 5) is 18.2. The standard InChI is InChI=1S/C14H21N3OS/c1-17-9-4-5-12(17)7-10-19-11-14(18)16-13-6-2-3-8-15-13/h2-3,6,8,12H,4-5,7,9-11H2,1H3,(H,15,16,18)/t12-/m1/s1. The lowest BCUT2D eigenvalue weighted by Gasteiger charge is -2.18. The van der Waals surface area contributed by atoms with E-state index in [1.807, 2.05) is 12.1 Å². The lowest BCUT2D eigenvalue weighted by atomic mass is 10.2. The molecular weight excluding hydrogens is 258 g/mol. The first-order valence-electron chi connectivity index (χ1n) is 6.74. The summed E-state index contributed by atoms with van der Waals surface area (Å²) in [5.41, 5.74) is 0. The first kappa shape index (κ1) is 14.3. The maximum atomic E-state index is 11.7. The Kier molecular flexibility index (Phi) is 5.66. The smallest absolute Gasteiger partial charge is 0.235 e. The molecule has 0 saturated carbocycles. The highest BCUT2D eigenvalue weighted by Gasteiger charge is 2.20. The molecular formula is C14H21N3OS. The Labute approximate surface area is 119 Å². The maximum Gasteiger partial charge on any atom is 0.235 e. The van der Waals surface area contributed by atoms with Gasteiger partial charge in [-0.25, -0.2) is 4.98 Å². The van der Waals surface area contributed by atoms with Crippen LogP contribution < -0.4 is 5.32 Å². The van der Waals surface area contributed by atoms with E-state index in [1.165, 1.54) is 25.8 Å². The molecule has 0 unspecified atom stereocenters. The number of pyridine rings is 1. The van der Waals surface area contributed by atoms with E-state index < -0.39 is 0 Å². The van der Waals surface area contributed by atoms with Crippen molar-refractivity contribution in [3.63, 3.8) is 0 Å². The Balaban J connectivity index is 1.59. The summed E-state index contributed by atoms with van der Waals surface area (Å²) >= 11 is 1.70. The third-order valence-corrected chi connectivity index (χ3v) is 4.42. The number of nitrogens with zero attached hydrogens (tertiary/aromatic N) is 2. The van der Waals surface area contributed by atoms with Gasteiger partial charge in [-0.2, -0.15) is 11.8 Å². The van der Waals surface area contributed by atoms with Crippen molar-refractivity contribution in [2.45, 2.75) is 25.3 Å². The fourth-order valence-electron chi connectivity index (χ4n) is 2.34. The van der Waals surface area contributed by atoms with Crippen LogP contribution in [0.4, 0.5) is 5.82 Å². The van der Waals surface area contributed by atoms with Crippen molar-refractivity contribution in [3.05, 3.63) is 24.4 Å². The van der Waals surface area contributed by atoms with E-state index >= 15 is 0 Å². The summed E-state index contributed by atoms with van der Waals surface area (Å²) in [5.74, 6) is 2.21. The Morgan fingerprint density at radius 3 is 3.16 bits per heavy atom.